The Bertz CT molecular complexity index is 849. The Morgan fingerprint density at radius 3 is 2.40 bits per heavy atom. The molecule has 0 unspecified atom stereocenters. The third-order valence-corrected chi connectivity index (χ3v) is 4.98. The van der Waals surface area contributed by atoms with Crippen molar-refractivity contribution in [1.29, 1.82) is 0 Å². The first-order valence-electron chi connectivity index (χ1n) is 7.73. The Morgan fingerprint density at radius 2 is 1.72 bits per heavy atom. The molecule has 0 saturated heterocycles. The third-order valence-electron chi connectivity index (χ3n) is 3.80. The molecular weight excluding hydrogens is 338 g/mol. The van der Waals surface area contributed by atoms with Gasteiger partial charge in [0, 0.05) is 28.8 Å². The van der Waals surface area contributed by atoms with Crippen LogP contribution in [0.1, 0.15) is 27.6 Å². The van der Waals surface area contributed by atoms with Gasteiger partial charge in [0.15, 0.2) is 0 Å². The lowest BCUT2D eigenvalue weighted by Gasteiger charge is -2.21. The normalized spacial score (nSPS) is 15.8. The van der Waals surface area contributed by atoms with E-state index in [4.69, 9.17) is 0 Å². The zero-order valence-corrected chi connectivity index (χ0v) is 14.6. The molecular formula is C18H17N3O3S. The monoisotopic (exact) mass is 355 g/mol. The maximum absolute atomic E-state index is 12.4. The first kappa shape index (κ1) is 17.0. The van der Waals surface area contributed by atoms with Gasteiger partial charge in [0.05, 0.1) is 10.9 Å². The molecule has 3 rings (SSSR count). The van der Waals surface area contributed by atoms with Crippen LogP contribution < -0.4 is 16.0 Å². The fraction of sp³-hybridized carbons (Fsp3) is 0.167. The summed E-state index contributed by atoms with van der Waals surface area (Å²) in [4.78, 5) is 36.6. The summed E-state index contributed by atoms with van der Waals surface area (Å²) in [6, 6.07) is 11.8. The average molecular weight is 355 g/mol. The Labute approximate surface area is 149 Å². The van der Waals surface area contributed by atoms with Gasteiger partial charge in [-0.1, -0.05) is 0 Å². The molecule has 128 valence electrons. The van der Waals surface area contributed by atoms with Crippen molar-refractivity contribution in [2.24, 2.45) is 0 Å². The lowest BCUT2D eigenvalue weighted by molar-refractivity contribution is -0.115. The van der Waals surface area contributed by atoms with Crippen molar-refractivity contribution in [3.63, 3.8) is 0 Å². The van der Waals surface area contributed by atoms with E-state index < -0.39 is 0 Å². The van der Waals surface area contributed by atoms with E-state index in [9.17, 15) is 14.4 Å². The fourth-order valence-corrected chi connectivity index (χ4v) is 3.33. The predicted molar refractivity (Wildman–Crippen MR) is 98.2 cm³/mol. The van der Waals surface area contributed by atoms with Crippen LogP contribution in [0.5, 0.6) is 0 Å². The largest absolute Gasteiger partial charge is 0.355 e. The Morgan fingerprint density at radius 1 is 1.04 bits per heavy atom. The highest BCUT2D eigenvalue weighted by atomic mass is 32.2. The summed E-state index contributed by atoms with van der Waals surface area (Å²) < 4.78 is 0. The maximum atomic E-state index is 12.4. The number of amides is 3. The van der Waals surface area contributed by atoms with Gasteiger partial charge in [0.25, 0.3) is 11.8 Å². The molecule has 0 aliphatic carbocycles. The molecule has 1 aliphatic heterocycles. The first-order valence-corrected chi connectivity index (χ1v) is 8.61. The van der Waals surface area contributed by atoms with Crippen LogP contribution in [0.2, 0.25) is 0 Å². The van der Waals surface area contributed by atoms with E-state index in [-0.39, 0.29) is 23.0 Å². The molecule has 0 fully saturated rings. The molecule has 0 bridgehead atoms. The average Bonchev–Trinajstić information content (AvgIpc) is 2.62. The molecule has 3 N–H and O–H groups in total. The van der Waals surface area contributed by atoms with Gasteiger partial charge in [-0.3, -0.25) is 14.4 Å². The lowest BCUT2D eigenvalue weighted by atomic mass is 10.1. The highest BCUT2D eigenvalue weighted by Crippen LogP contribution is 2.36. The standard InChI is InChI=1S/C18H17N3O3S/c1-10-16(22)21-14-9-12(5-8-15(14)25-10)18(24)20-13-6-3-11(4-7-13)17(23)19-2/h3-10H,1-2H3,(H,19,23)(H,20,24)(H,21,22)/t10-/m0/s1. The molecule has 1 aliphatic rings. The van der Waals surface area contributed by atoms with E-state index in [1.165, 1.54) is 11.8 Å². The van der Waals surface area contributed by atoms with Crippen molar-refractivity contribution in [3.8, 4) is 0 Å². The molecule has 0 aromatic heterocycles. The zero-order chi connectivity index (χ0) is 18.0. The first-order chi connectivity index (χ1) is 12.0. The van der Waals surface area contributed by atoms with Gasteiger partial charge in [-0.15, -0.1) is 11.8 Å². The predicted octanol–water partition coefficient (Wildman–Crippen LogP) is 2.73. The zero-order valence-electron chi connectivity index (χ0n) is 13.8. The van der Waals surface area contributed by atoms with Crippen LogP contribution in [0.25, 0.3) is 0 Å². The fourth-order valence-electron chi connectivity index (χ4n) is 2.40. The topological polar surface area (TPSA) is 87.3 Å². The molecule has 6 nitrogen and oxygen atoms in total. The molecule has 0 saturated carbocycles. The minimum atomic E-state index is -0.284. The molecule has 3 amide bonds. The molecule has 2 aromatic carbocycles. The summed E-state index contributed by atoms with van der Waals surface area (Å²) in [6.07, 6.45) is 0. The SMILES string of the molecule is CNC(=O)c1ccc(NC(=O)c2ccc3c(c2)NC(=O)[C@H](C)S3)cc1. The summed E-state index contributed by atoms with van der Waals surface area (Å²) in [5.74, 6) is -0.539. The van der Waals surface area contributed by atoms with Gasteiger partial charge < -0.3 is 16.0 Å². The van der Waals surface area contributed by atoms with Crippen molar-refractivity contribution in [1.82, 2.24) is 5.32 Å². The van der Waals surface area contributed by atoms with E-state index in [1.54, 1.807) is 43.4 Å². The van der Waals surface area contributed by atoms with E-state index in [0.717, 1.165) is 4.90 Å². The molecule has 0 radical (unpaired) electrons. The lowest BCUT2D eigenvalue weighted by Crippen LogP contribution is -2.26. The highest BCUT2D eigenvalue weighted by molar-refractivity contribution is 8.00. The number of hydrogen-bond acceptors (Lipinski definition) is 4. The number of fused-ring (bicyclic) bond motifs is 1. The molecule has 7 heteroatoms. The van der Waals surface area contributed by atoms with Gasteiger partial charge >= 0.3 is 0 Å². The number of carbonyl (C=O) groups is 3. The smallest absolute Gasteiger partial charge is 0.255 e. The molecule has 25 heavy (non-hydrogen) atoms. The Hall–Kier alpha value is -2.80. The van der Waals surface area contributed by atoms with Gasteiger partial charge in [-0.2, -0.15) is 0 Å². The highest BCUT2D eigenvalue weighted by Gasteiger charge is 2.23. The number of hydrogen-bond donors (Lipinski definition) is 3. The van der Waals surface area contributed by atoms with Crippen LogP contribution in [0.4, 0.5) is 11.4 Å². The van der Waals surface area contributed by atoms with Gasteiger partial charge in [-0.05, 0) is 49.4 Å². The second-order valence-electron chi connectivity index (χ2n) is 5.57. The van der Waals surface area contributed by atoms with Crippen LogP contribution in [-0.4, -0.2) is 30.0 Å². The quantitative estimate of drug-likeness (QED) is 0.790. The number of anilines is 2. The van der Waals surface area contributed by atoms with Crippen LogP contribution >= 0.6 is 11.8 Å². The molecule has 2 aromatic rings. The number of rotatable bonds is 3. The van der Waals surface area contributed by atoms with Crippen molar-refractivity contribution in [2.75, 3.05) is 17.7 Å². The van der Waals surface area contributed by atoms with E-state index in [0.29, 0.717) is 22.5 Å². The Balaban J connectivity index is 1.74. The van der Waals surface area contributed by atoms with Crippen LogP contribution in [-0.2, 0) is 4.79 Å². The minimum absolute atomic E-state index is 0.0696. The van der Waals surface area contributed by atoms with Crippen molar-refractivity contribution in [3.05, 3.63) is 53.6 Å². The van der Waals surface area contributed by atoms with E-state index >= 15 is 0 Å². The molecule has 1 atom stereocenters. The summed E-state index contributed by atoms with van der Waals surface area (Å²) in [6.45, 7) is 1.84. The Kier molecular flexibility index (Phi) is 4.76. The van der Waals surface area contributed by atoms with Crippen LogP contribution in [0, 0.1) is 0 Å². The second-order valence-corrected chi connectivity index (χ2v) is 6.95. The summed E-state index contributed by atoms with van der Waals surface area (Å²) in [7, 11) is 1.56. The van der Waals surface area contributed by atoms with Crippen LogP contribution in [0.15, 0.2) is 47.4 Å². The van der Waals surface area contributed by atoms with E-state index in [2.05, 4.69) is 16.0 Å². The van der Waals surface area contributed by atoms with Gasteiger partial charge in [-0.25, -0.2) is 0 Å². The van der Waals surface area contributed by atoms with Crippen molar-refractivity contribution < 1.29 is 14.4 Å². The number of thioether (sulfide) groups is 1. The number of benzene rings is 2. The van der Waals surface area contributed by atoms with Crippen molar-refractivity contribution in [2.45, 2.75) is 17.1 Å². The number of carbonyl (C=O) groups excluding carboxylic acids is 3. The third kappa shape index (κ3) is 3.66. The summed E-state index contributed by atoms with van der Waals surface area (Å²) in [5, 5.41) is 7.98. The number of nitrogens with one attached hydrogen (secondary N) is 3. The second kappa shape index (κ2) is 6.98. The van der Waals surface area contributed by atoms with Gasteiger partial charge in [0.2, 0.25) is 5.91 Å². The maximum Gasteiger partial charge on any atom is 0.255 e. The van der Waals surface area contributed by atoms with Crippen molar-refractivity contribution >= 4 is 40.9 Å². The van der Waals surface area contributed by atoms with Gasteiger partial charge in [0.1, 0.15) is 0 Å². The van der Waals surface area contributed by atoms with Crippen LogP contribution in [0.3, 0.4) is 0 Å². The summed E-state index contributed by atoms with van der Waals surface area (Å²) in [5.41, 5.74) is 2.20. The van der Waals surface area contributed by atoms with E-state index in [1.807, 2.05) is 13.0 Å². The molecule has 0 spiro atoms. The minimum Gasteiger partial charge on any atom is -0.355 e. The molecule has 1 heterocycles. The summed E-state index contributed by atoms with van der Waals surface area (Å²) >= 11 is 1.47.